The van der Waals surface area contributed by atoms with Crippen molar-refractivity contribution < 1.29 is 4.74 Å². The molecule has 0 bridgehead atoms. The molecule has 2 nitrogen and oxygen atoms in total. The number of nitrogens with one attached hydrogen (secondary N) is 1. The lowest BCUT2D eigenvalue weighted by molar-refractivity contribution is 0.0389. The highest BCUT2D eigenvalue weighted by Gasteiger charge is 2.26. The van der Waals surface area contributed by atoms with Crippen molar-refractivity contribution in [3.63, 3.8) is 0 Å². The number of benzene rings is 1. The Bertz CT molecular complexity index is 407. The molecule has 1 saturated heterocycles. The molecule has 1 aliphatic rings. The molecule has 0 radical (unpaired) electrons. The summed E-state index contributed by atoms with van der Waals surface area (Å²) < 4.78 is 8.17. The highest BCUT2D eigenvalue weighted by Crippen LogP contribution is 2.34. The predicted octanol–water partition coefficient (Wildman–Crippen LogP) is 4.52. The standard InChI is InChI=1S/C15H21BrINO/c1-2-7-18-15(11-4-3-8-19-10-11)13-9-12(17)5-6-14(13)16/h5-6,9,11,15,18H,2-4,7-8,10H2,1H3. The molecule has 1 heterocycles. The van der Waals surface area contributed by atoms with E-state index in [0.717, 1.165) is 26.2 Å². The molecule has 2 unspecified atom stereocenters. The fraction of sp³-hybridized carbons (Fsp3) is 0.600. The Hall–Kier alpha value is 0.350. The van der Waals surface area contributed by atoms with Gasteiger partial charge in [0, 0.05) is 26.6 Å². The van der Waals surface area contributed by atoms with Gasteiger partial charge in [-0.1, -0.05) is 22.9 Å². The molecule has 106 valence electrons. The Morgan fingerprint density at radius 1 is 1.53 bits per heavy atom. The van der Waals surface area contributed by atoms with Crippen molar-refractivity contribution >= 4 is 38.5 Å². The van der Waals surface area contributed by atoms with Crippen LogP contribution in [0.25, 0.3) is 0 Å². The van der Waals surface area contributed by atoms with Crippen LogP contribution in [-0.4, -0.2) is 19.8 Å². The number of ether oxygens (including phenoxy) is 1. The molecule has 4 heteroatoms. The smallest absolute Gasteiger partial charge is 0.0512 e. The van der Waals surface area contributed by atoms with Crippen LogP contribution in [0.15, 0.2) is 22.7 Å². The Morgan fingerprint density at radius 2 is 2.37 bits per heavy atom. The van der Waals surface area contributed by atoms with Gasteiger partial charge < -0.3 is 10.1 Å². The Balaban J connectivity index is 2.22. The van der Waals surface area contributed by atoms with Crippen molar-refractivity contribution in [3.8, 4) is 0 Å². The average molecular weight is 438 g/mol. The van der Waals surface area contributed by atoms with E-state index >= 15 is 0 Å². The van der Waals surface area contributed by atoms with Crippen LogP contribution in [0.1, 0.15) is 37.8 Å². The van der Waals surface area contributed by atoms with Crippen LogP contribution >= 0.6 is 38.5 Å². The van der Waals surface area contributed by atoms with Gasteiger partial charge in [0.15, 0.2) is 0 Å². The number of rotatable bonds is 5. The first kappa shape index (κ1) is 15.7. The van der Waals surface area contributed by atoms with Crippen LogP contribution in [-0.2, 0) is 4.74 Å². The lowest BCUT2D eigenvalue weighted by atomic mass is 9.88. The van der Waals surface area contributed by atoms with Gasteiger partial charge in [0.05, 0.1) is 6.61 Å². The summed E-state index contributed by atoms with van der Waals surface area (Å²) in [5, 5.41) is 3.71. The summed E-state index contributed by atoms with van der Waals surface area (Å²) in [6.45, 7) is 5.06. The molecule has 0 saturated carbocycles. The third kappa shape index (κ3) is 4.41. The van der Waals surface area contributed by atoms with Crippen LogP contribution in [0.3, 0.4) is 0 Å². The normalized spacial score (nSPS) is 21.3. The molecule has 1 aromatic rings. The molecular formula is C15H21BrINO. The van der Waals surface area contributed by atoms with Gasteiger partial charge >= 0.3 is 0 Å². The minimum atomic E-state index is 0.393. The van der Waals surface area contributed by atoms with E-state index in [1.807, 2.05) is 0 Å². The van der Waals surface area contributed by atoms with Gasteiger partial charge in [-0.2, -0.15) is 0 Å². The first-order valence-corrected chi connectivity index (χ1v) is 8.85. The summed E-state index contributed by atoms with van der Waals surface area (Å²) in [5.41, 5.74) is 1.37. The molecule has 0 spiro atoms. The minimum absolute atomic E-state index is 0.393. The second-order valence-corrected chi connectivity index (χ2v) is 7.17. The van der Waals surface area contributed by atoms with Crippen molar-refractivity contribution in [1.29, 1.82) is 0 Å². The summed E-state index contributed by atoms with van der Waals surface area (Å²) in [6, 6.07) is 6.97. The zero-order valence-electron chi connectivity index (χ0n) is 11.3. The molecule has 0 amide bonds. The largest absolute Gasteiger partial charge is 0.381 e. The third-order valence-corrected chi connectivity index (χ3v) is 4.97. The fourth-order valence-corrected chi connectivity index (χ4v) is 3.62. The van der Waals surface area contributed by atoms with Crippen LogP contribution < -0.4 is 5.32 Å². The highest BCUT2D eigenvalue weighted by atomic mass is 127. The van der Waals surface area contributed by atoms with E-state index in [2.05, 4.69) is 69.0 Å². The monoisotopic (exact) mass is 437 g/mol. The van der Waals surface area contributed by atoms with Crippen molar-refractivity contribution in [2.24, 2.45) is 5.92 Å². The Labute approximate surface area is 138 Å². The van der Waals surface area contributed by atoms with E-state index in [1.54, 1.807) is 0 Å². The topological polar surface area (TPSA) is 21.3 Å². The quantitative estimate of drug-likeness (QED) is 0.683. The maximum Gasteiger partial charge on any atom is 0.0512 e. The second-order valence-electron chi connectivity index (χ2n) is 5.07. The van der Waals surface area contributed by atoms with Crippen molar-refractivity contribution in [2.45, 2.75) is 32.2 Å². The highest BCUT2D eigenvalue weighted by molar-refractivity contribution is 14.1. The summed E-state index contributed by atoms with van der Waals surface area (Å²) >= 11 is 6.09. The van der Waals surface area contributed by atoms with E-state index in [0.29, 0.717) is 12.0 Å². The number of hydrogen-bond acceptors (Lipinski definition) is 2. The van der Waals surface area contributed by atoms with Gasteiger partial charge in [-0.15, -0.1) is 0 Å². The van der Waals surface area contributed by atoms with Gasteiger partial charge in [-0.3, -0.25) is 0 Å². The summed E-state index contributed by atoms with van der Waals surface area (Å²) in [7, 11) is 0. The van der Waals surface area contributed by atoms with Crippen LogP contribution in [0.5, 0.6) is 0 Å². The zero-order valence-corrected chi connectivity index (χ0v) is 15.0. The van der Waals surface area contributed by atoms with Gasteiger partial charge in [0.25, 0.3) is 0 Å². The predicted molar refractivity (Wildman–Crippen MR) is 91.4 cm³/mol. The Kier molecular flexibility index (Phi) is 6.59. The van der Waals surface area contributed by atoms with Crippen molar-refractivity contribution in [3.05, 3.63) is 31.8 Å². The molecule has 0 aliphatic carbocycles. The molecule has 1 aromatic carbocycles. The van der Waals surface area contributed by atoms with E-state index < -0.39 is 0 Å². The number of halogens is 2. The lowest BCUT2D eigenvalue weighted by Crippen LogP contribution is -2.34. The number of hydrogen-bond donors (Lipinski definition) is 1. The lowest BCUT2D eigenvalue weighted by Gasteiger charge is -2.32. The van der Waals surface area contributed by atoms with E-state index in [9.17, 15) is 0 Å². The molecule has 0 aromatic heterocycles. The average Bonchev–Trinajstić information content (AvgIpc) is 2.44. The van der Waals surface area contributed by atoms with E-state index in [4.69, 9.17) is 4.74 Å². The van der Waals surface area contributed by atoms with Crippen molar-refractivity contribution in [1.82, 2.24) is 5.32 Å². The first-order valence-electron chi connectivity index (χ1n) is 6.98. The zero-order chi connectivity index (χ0) is 13.7. The molecule has 1 aliphatic heterocycles. The third-order valence-electron chi connectivity index (χ3n) is 3.57. The van der Waals surface area contributed by atoms with Gasteiger partial charge in [0.1, 0.15) is 0 Å². The van der Waals surface area contributed by atoms with E-state index in [-0.39, 0.29) is 0 Å². The first-order chi connectivity index (χ1) is 9.22. The molecule has 1 N–H and O–H groups in total. The van der Waals surface area contributed by atoms with Crippen LogP contribution in [0, 0.1) is 9.49 Å². The van der Waals surface area contributed by atoms with Crippen LogP contribution in [0.2, 0.25) is 0 Å². The molecule has 2 rings (SSSR count). The van der Waals surface area contributed by atoms with Crippen molar-refractivity contribution in [2.75, 3.05) is 19.8 Å². The summed E-state index contributed by atoms with van der Waals surface area (Å²) in [6.07, 6.45) is 3.58. The molecule has 19 heavy (non-hydrogen) atoms. The summed E-state index contributed by atoms with van der Waals surface area (Å²) in [5.74, 6) is 0.579. The molecule has 2 atom stereocenters. The fourth-order valence-electron chi connectivity index (χ4n) is 2.61. The van der Waals surface area contributed by atoms with Gasteiger partial charge in [-0.05, 0) is 72.2 Å². The molecule has 1 fully saturated rings. The maximum absolute atomic E-state index is 5.68. The maximum atomic E-state index is 5.68. The minimum Gasteiger partial charge on any atom is -0.381 e. The SMILES string of the molecule is CCCNC(c1cc(I)ccc1Br)C1CCCOC1. The van der Waals surface area contributed by atoms with E-state index in [1.165, 1.54) is 26.4 Å². The Morgan fingerprint density at radius 3 is 3.05 bits per heavy atom. The van der Waals surface area contributed by atoms with Gasteiger partial charge in [-0.25, -0.2) is 0 Å². The van der Waals surface area contributed by atoms with Gasteiger partial charge in [0.2, 0.25) is 0 Å². The summed E-state index contributed by atoms with van der Waals surface area (Å²) in [4.78, 5) is 0. The second kappa shape index (κ2) is 7.96. The van der Waals surface area contributed by atoms with Crippen LogP contribution in [0.4, 0.5) is 0 Å². The molecular weight excluding hydrogens is 417 g/mol.